The van der Waals surface area contributed by atoms with Crippen LogP contribution < -0.4 is 10.6 Å². The van der Waals surface area contributed by atoms with Gasteiger partial charge in [-0.3, -0.25) is 0 Å². The lowest BCUT2D eigenvalue weighted by Crippen LogP contribution is -2.41. The molecule has 134 valence electrons. The first-order chi connectivity index (χ1) is 11.9. The van der Waals surface area contributed by atoms with Gasteiger partial charge in [0, 0.05) is 31.1 Å². The summed E-state index contributed by atoms with van der Waals surface area (Å²) < 4.78 is 0. The number of nitrogens with one attached hydrogen (secondary N) is 2. The summed E-state index contributed by atoms with van der Waals surface area (Å²) in [6, 6.07) is 7.65. The van der Waals surface area contributed by atoms with E-state index in [1.807, 2.05) is 45.0 Å². The number of carbonyl (C=O) groups excluding carboxylic acids is 1. The summed E-state index contributed by atoms with van der Waals surface area (Å²) in [5, 5.41) is 14.8. The van der Waals surface area contributed by atoms with E-state index >= 15 is 0 Å². The topological polar surface area (TPSA) is 87.1 Å². The fraction of sp³-hybridized carbons (Fsp3) is 0.421. The minimum atomic E-state index is -0.209. The van der Waals surface area contributed by atoms with Gasteiger partial charge in [0.15, 0.2) is 0 Å². The van der Waals surface area contributed by atoms with E-state index in [0.29, 0.717) is 13.0 Å². The first-order valence-electron chi connectivity index (χ1n) is 8.42. The Kier molecular flexibility index (Phi) is 6.47. The Morgan fingerprint density at radius 1 is 1.16 bits per heavy atom. The van der Waals surface area contributed by atoms with Crippen LogP contribution in [0.25, 0.3) is 11.1 Å². The van der Waals surface area contributed by atoms with Gasteiger partial charge in [0.1, 0.15) is 6.33 Å². The van der Waals surface area contributed by atoms with Gasteiger partial charge in [0.2, 0.25) is 0 Å². The number of hydrogen-bond donors (Lipinski definition) is 3. The Balaban J connectivity index is 1.90. The predicted octanol–water partition coefficient (Wildman–Crippen LogP) is 2.91. The summed E-state index contributed by atoms with van der Waals surface area (Å²) in [4.78, 5) is 20.1. The molecule has 25 heavy (non-hydrogen) atoms. The second kappa shape index (κ2) is 8.58. The highest BCUT2D eigenvalue weighted by molar-refractivity contribution is 5.74. The van der Waals surface area contributed by atoms with Crippen molar-refractivity contribution >= 4 is 6.03 Å². The van der Waals surface area contributed by atoms with E-state index < -0.39 is 0 Å². The van der Waals surface area contributed by atoms with Gasteiger partial charge in [-0.25, -0.2) is 14.8 Å². The molecule has 3 N–H and O–H groups in total. The van der Waals surface area contributed by atoms with Gasteiger partial charge in [0.25, 0.3) is 0 Å². The predicted molar refractivity (Wildman–Crippen MR) is 97.9 cm³/mol. The number of aromatic nitrogens is 2. The van der Waals surface area contributed by atoms with Crippen molar-refractivity contribution in [3.63, 3.8) is 0 Å². The summed E-state index contributed by atoms with van der Waals surface area (Å²) >= 11 is 0. The molecule has 0 saturated heterocycles. The Morgan fingerprint density at radius 3 is 2.40 bits per heavy atom. The molecule has 1 aromatic heterocycles. The third-order valence-electron chi connectivity index (χ3n) is 4.17. The SMILES string of the molecule is CC(NC(=O)NCC(C)(C)CCO)c1ccc(-c2cncnc2)cc1. The zero-order valence-electron chi connectivity index (χ0n) is 15.0. The van der Waals surface area contributed by atoms with E-state index in [2.05, 4.69) is 20.6 Å². The van der Waals surface area contributed by atoms with Gasteiger partial charge in [0.05, 0.1) is 6.04 Å². The standard InChI is InChI=1S/C19H26N4O2/c1-14(23-18(25)22-12-19(2,3)8-9-24)15-4-6-16(7-5-15)17-10-20-13-21-11-17/h4-7,10-11,13-14,24H,8-9,12H2,1-3H3,(H2,22,23,25). The van der Waals surface area contributed by atoms with Crippen molar-refractivity contribution < 1.29 is 9.90 Å². The van der Waals surface area contributed by atoms with Gasteiger partial charge in [-0.05, 0) is 29.9 Å². The molecule has 0 aliphatic heterocycles. The van der Waals surface area contributed by atoms with E-state index in [0.717, 1.165) is 16.7 Å². The molecule has 6 nitrogen and oxygen atoms in total. The zero-order chi connectivity index (χ0) is 18.3. The number of benzene rings is 1. The van der Waals surface area contributed by atoms with Gasteiger partial charge < -0.3 is 15.7 Å². The molecule has 2 rings (SSSR count). The van der Waals surface area contributed by atoms with Crippen LogP contribution in [0.2, 0.25) is 0 Å². The molecule has 1 heterocycles. The van der Waals surface area contributed by atoms with Crippen molar-refractivity contribution in [2.75, 3.05) is 13.2 Å². The first kappa shape index (κ1) is 18.9. The smallest absolute Gasteiger partial charge is 0.315 e. The number of aliphatic hydroxyl groups excluding tert-OH is 1. The van der Waals surface area contributed by atoms with Crippen LogP contribution in [0.4, 0.5) is 4.79 Å². The van der Waals surface area contributed by atoms with E-state index in [-0.39, 0.29) is 24.1 Å². The van der Waals surface area contributed by atoms with Gasteiger partial charge in [-0.1, -0.05) is 38.1 Å². The van der Waals surface area contributed by atoms with Gasteiger partial charge >= 0.3 is 6.03 Å². The summed E-state index contributed by atoms with van der Waals surface area (Å²) in [5.41, 5.74) is 2.88. The van der Waals surface area contributed by atoms with Crippen LogP contribution in [0.3, 0.4) is 0 Å². The molecule has 2 aromatic rings. The Hall–Kier alpha value is -2.47. The normalized spacial score (nSPS) is 12.5. The molecule has 1 aromatic carbocycles. The van der Waals surface area contributed by atoms with Crippen LogP contribution in [0, 0.1) is 5.41 Å². The number of aliphatic hydroxyl groups is 1. The average Bonchev–Trinajstić information content (AvgIpc) is 2.61. The Morgan fingerprint density at radius 2 is 1.80 bits per heavy atom. The quantitative estimate of drug-likeness (QED) is 0.722. The van der Waals surface area contributed by atoms with Crippen molar-refractivity contribution in [1.29, 1.82) is 0 Å². The summed E-state index contributed by atoms with van der Waals surface area (Å²) in [5.74, 6) is 0. The maximum atomic E-state index is 12.1. The number of amides is 2. The number of urea groups is 1. The molecule has 2 amide bonds. The van der Waals surface area contributed by atoms with Crippen molar-refractivity contribution in [3.8, 4) is 11.1 Å². The number of rotatable bonds is 7. The molecule has 1 atom stereocenters. The van der Waals surface area contributed by atoms with Crippen LogP contribution in [0.5, 0.6) is 0 Å². The minimum Gasteiger partial charge on any atom is -0.396 e. The van der Waals surface area contributed by atoms with E-state index in [1.54, 1.807) is 12.4 Å². The van der Waals surface area contributed by atoms with Gasteiger partial charge in [-0.15, -0.1) is 0 Å². The fourth-order valence-corrected chi connectivity index (χ4v) is 2.45. The molecule has 0 spiro atoms. The molecule has 6 heteroatoms. The highest BCUT2D eigenvalue weighted by Gasteiger charge is 2.18. The van der Waals surface area contributed by atoms with Crippen molar-refractivity contribution in [3.05, 3.63) is 48.5 Å². The highest BCUT2D eigenvalue weighted by Crippen LogP contribution is 2.21. The largest absolute Gasteiger partial charge is 0.396 e. The number of hydrogen-bond acceptors (Lipinski definition) is 4. The molecule has 0 saturated carbocycles. The molecular formula is C19H26N4O2. The maximum Gasteiger partial charge on any atom is 0.315 e. The summed E-state index contributed by atoms with van der Waals surface area (Å²) in [7, 11) is 0. The zero-order valence-corrected chi connectivity index (χ0v) is 15.0. The third-order valence-corrected chi connectivity index (χ3v) is 4.17. The summed E-state index contributed by atoms with van der Waals surface area (Å²) in [6.45, 7) is 6.60. The maximum absolute atomic E-state index is 12.1. The van der Waals surface area contributed by atoms with Crippen molar-refractivity contribution in [1.82, 2.24) is 20.6 Å². The van der Waals surface area contributed by atoms with Crippen LogP contribution in [0.1, 0.15) is 38.8 Å². The molecule has 0 fully saturated rings. The first-order valence-corrected chi connectivity index (χ1v) is 8.42. The van der Waals surface area contributed by atoms with Crippen LogP contribution in [-0.2, 0) is 0 Å². The lowest BCUT2D eigenvalue weighted by Gasteiger charge is -2.24. The minimum absolute atomic E-state index is 0.109. The van der Waals surface area contributed by atoms with Crippen LogP contribution in [-0.4, -0.2) is 34.3 Å². The highest BCUT2D eigenvalue weighted by atomic mass is 16.3. The molecule has 0 radical (unpaired) electrons. The molecule has 0 aliphatic rings. The summed E-state index contributed by atoms with van der Waals surface area (Å²) in [6.07, 6.45) is 5.69. The Labute approximate surface area is 148 Å². The average molecular weight is 342 g/mol. The van der Waals surface area contributed by atoms with Crippen molar-refractivity contribution in [2.24, 2.45) is 5.41 Å². The lowest BCUT2D eigenvalue weighted by atomic mass is 9.90. The Bertz CT molecular complexity index is 672. The third kappa shape index (κ3) is 5.83. The van der Waals surface area contributed by atoms with E-state index in [1.165, 1.54) is 6.33 Å². The molecule has 0 bridgehead atoms. The van der Waals surface area contributed by atoms with Gasteiger partial charge in [-0.2, -0.15) is 0 Å². The van der Waals surface area contributed by atoms with Crippen LogP contribution in [0.15, 0.2) is 43.0 Å². The molecular weight excluding hydrogens is 316 g/mol. The monoisotopic (exact) mass is 342 g/mol. The van der Waals surface area contributed by atoms with E-state index in [4.69, 9.17) is 5.11 Å². The molecule has 1 unspecified atom stereocenters. The van der Waals surface area contributed by atoms with Crippen LogP contribution >= 0.6 is 0 Å². The lowest BCUT2D eigenvalue weighted by molar-refractivity contribution is 0.200. The second-order valence-corrected chi connectivity index (χ2v) is 6.94. The fourth-order valence-electron chi connectivity index (χ4n) is 2.45. The second-order valence-electron chi connectivity index (χ2n) is 6.94. The number of carbonyl (C=O) groups is 1. The van der Waals surface area contributed by atoms with Crippen molar-refractivity contribution in [2.45, 2.75) is 33.2 Å². The number of nitrogens with zero attached hydrogens (tertiary/aromatic N) is 2. The molecule has 0 aliphatic carbocycles. The van der Waals surface area contributed by atoms with E-state index in [9.17, 15) is 4.79 Å².